The Bertz CT molecular complexity index is 1230. The van der Waals surface area contributed by atoms with Crippen molar-refractivity contribution in [3.05, 3.63) is 52.0 Å². The first-order chi connectivity index (χ1) is 17.1. The smallest absolute Gasteiger partial charge is 0.244 e. The van der Waals surface area contributed by atoms with E-state index in [9.17, 15) is 18.0 Å². The quantitative estimate of drug-likeness (QED) is 0.458. The first kappa shape index (κ1) is 30.5. The van der Waals surface area contributed by atoms with Crippen LogP contribution in [0.1, 0.15) is 33.3 Å². The summed E-state index contributed by atoms with van der Waals surface area (Å²) in [4.78, 5) is 28.1. The monoisotopic (exact) mass is 573 g/mol. The molecule has 0 aromatic heterocycles. The van der Waals surface area contributed by atoms with Crippen molar-refractivity contribution in [1.29, 1.82) is 0 Å². The number of amides is 2. The van der Waals surface area contributed by atoms with Crippen LogP contribution in [0.4, 0.5) is 5.69 Å². The molecule has 2 amide bonds. The van der Waals surface area contributed by atoms with Crippen LogP contribution in [0, 0.1) is 0 Å². The highest BCUT2D eigenvalue weighted by atomic mass is 35.5. The van der Waals surface area contributed by atoms with Crippen molar-refractivity contribution in [3.8, 4) is 11.5 Å². The predicted molar refractivity (Wildman–Crippen MR) is 146 cm³/mol. The molecule has 0 heterocycles. The number of hydrogen-bond acceptors (Lipinski definition) is 6. The maximum atomic E-state index is 13.7. The summed E-state index contributed by atoms with van der Waals surface area (Å²) in [5.74, 6) is -0.482. The molecule has 2 aromatic carbocycles. The second kappa shape index (κ2) is 12.2. The van der Waals surface area contributed by atoms with Crippen LogP contribution >= 0.6 is 23.2 Å². The molecule has 0 radical (unpaired) electrons. The van der Waals surface area contributed by atoms with Gasteiger partial charge in [-0.3, -0.25) is 13.9 Å². The number of carbonyl (C=O) groups is 2. The number of methoxy groups -OCH3 is 2. The number of ether oxygens (including phenoxy) is 2. The van der Waals surface area contributed by atoms with E-state index in [1.54, 1.807) is 31.2 Å². The third-order valence-corrected chi connectivity index (χ3v) is 7.22. The molecular formula is C25H33Cl2N3O6S. The third-order valence-electron chi connectivity index (χ3n) is 5.39. The molecular weight excluding hydrogens is 541 g/mol. The molecule has 0 spiro atoms. The Morgan fingerprint density at radius 2 is 1.65 bits per heavy atom. The van der Waals surface area contributed by atoms with Crippen LogP contribution in [0.25, 0.3) is 0 Å². The van der Waals surface area contributed by atoms with Crippen molar-refractivity contribution in [1.82, 2.24) is 10.2 Å². The van der Waals surface area contributed by atoms with Gasteiger partial charge in [-0.2, -0.15) is 0 Å². The van der Waals surface area contributed by atoms with Gasteiger partial charge in [-0.1, -0.05) is 29.3 Å². The molecule has 0 aliphatic carbocycles. The van der Waals surface area contributed by atoms with Gasteiger partial charge in [0.15, 0.2) is 0 Å². The summed E-state index contributed by atoms with van der Waals surface area (Å²) in [7, 11) is -1.15. The highest BCUT2D eigenvalue weighted by Crippen LogP contribution is 2.34. The lowest BCUT2D eigenvalue weighted by atomic mass is 10.1. The summed E-state index contributed by atoms with van der Waals surface area (Å²) >= 11 is 12.7. The number of nitrogens with one attached hydrogen (secondary N) is 1. The van der Waals surface area contributed by atoms with Gasteiger partial charge in [0.1, 0.15) is 24.1 Å². The average molecular weight is 575 g/mol. The van der Waals surface area contributed by atoms with Crippen molar-refractivity contribution in [3.63, 3.8) is 0 Å². The maximum absolute atomic E-state index is 13.7. The largest absolute Gasteiger partial charge is 0.497 e. The highest BCUT2D eigenvalue weighted by Gasteiger charge is 2.33. The van der Waals surface area contributed by atoms with Gasteiger partial charge in [0.05, 0.1) is 26.2 Å². The number of rotatable bonds is 10. The van der Waals surface area contributed by atoms with Crippen molar-refractivity contribution in [2.24, 2.45) is 0 Å². The van der Waals surface area contributed by atoms with E-state index in [1.807, 2.05) is 20.8 Å². The van der Waals surface area contributed by atoms with Gasteiger partial charge in [0, 0.05) is 33.8 Å². The summed E-state index contributed by atoms with van der Waals surface area (Å²) in [6.45, 7) is 6.26. The molecule has 1 atom stereocenters. The molecule has 1 N–H and O–H groups in total. The summed E-state index contributed by atoms with van der Waals surface area (Å²) in [5, 5.41) is 3.47. The van der Waals surface area contributed by atoms with E-state index >= 15 is 0 Å². The summed E-state index contributed by atoms with van der Waals surface area (Å²) < 4.78 is 37.2. The predicted octanol–water partition coefficient (Wildman–Crippen LogP) is 4.11. The number of hydrogen-bond donors (Lipinski definition) is 1. The average Bonchev–Trinajstić information content (AvgIpc) is 2.79. The minimum Gasteiger partial charge on any atom is -0.497 e. The molecule has 37 heavy (non-hydrogen) atoms. The minimum atomic E-state index is -3.97. The Morgan fingerprint density at radius 1 is 1.05 bits per heavy atom. The molecule has 2 rings (SSSR count). The molecule has 9 nitrogen and oxygen atoms in total. The maximum Gasteiger partial charge on any atom is 0.244 e. The highest BCUT2D eigenvalue weighted by molar-refractivity contribution is 7.92. The lowest BCUT2D eigenvalue weighted by Gasteiger charge is -2.33. The normalized spacial score (nSPS) is 12.5. The molecule has 0 unspecified atom stereocenters. The Balaban J connectivity index is 2.56. The van der Waals surface area contributed by atoms with Crippen LogP contribution in [-0.2, 0) is 26.2 Å². The van der Waals surface area contributed by atoms with E-state index in [-0.39, 0.29) is 18.0 Å². The number of anilines is 1. The topological polar surface area (TPSA) is 105 Å². The Morgan fingerprint density at radius 3 is 2.14 bits per heavy atom. The number of carbonyl (C=O) groups excluding carboxylic acids is 2. The zero-order chi connectivity index (χ0) is 28.1. The zero-order valence-electron chi connectivity index (χ0n) is 22.0. The Labute approximate surface area is 228 Å². The van der Waals surface area contributed by atoms with Crippen molar-refractivity contribution >= 4 is 50.7 Å². The molecule has 2 aromatic rings. The Hall–Kier alpha value is -2.69. The van der Waals surface area contributed by atoms with Crippen LogP contribution in [0.2, 0.25) is 10.0 Å². The molecule has 0 fully saturated rings. The van der Waals surface area contributed by atoms with Gasteiger partial charge < -0.3 is 19.7 Å². The second-order valence-electron chi connectivity index (χ2n) is 9.44. The van der Waals surface area contributed by atoms with E-state index in [0.717, 1.165) is 10.6 Å². The van der Waals surface area contributed by atoms with Gasteiger partial charge in [-0.25, -0.2) is 8.42 Å². The minimum absolute atomic E-state index is 0.111. The van der Waals surface area contributed by atoms with E-state index in [4.69, 9.17) is 32.7 Å². The third kappa shape index (κ3) is 8.15. The van der Waals surface area contributed by atoms with Gasteiger partial charge in [0.2, 0.25) is 21.8 Å². The van der Waals surface area contributed by atoms with Gasteiger partial charge >= 0.3 is 0 Å². The lowest BCUT2D eigenvalue weighted by Crippen LogP contribution is -2.54. The van der Waals surface area contributed by atoms with Crippen molar-refractivity contribution in [2.45, 2.75) is 45.8 Å². The zero-order valence-corrected chi connectivity index (χ0v) is 24.3. The fraction of sp³-hybridized carbons (Fsp3) is 0.440. The van der Waals surface area contributed by atoms with E-state index in [1.165, 1.54) is 31.3 Å². The van der Waals surface area contributed by atoms with E-state index in [0.29, 0.717) is 21.4 Å². The number of nitrogens with zero attached hydrogens (tertiary/aromatic N) is 2. The van der Waals surface area contributed by atoms with Gasteiger partial charge in [-0.15, -0.1) is 0 Å². The van der Waals surface area contributed by atoms with Crippen molar-refractivity contribution in [2.75, 3.05) is 31.3 Å². The molecule has 0 bridgehead atoms. The van der Waals surface area contributed by atoms with Crippen LogP contribution in [-0.4, -0.2) is 63.7 Å². The fourth-order valence-corrected chi connectivity index (χ4v) is 4.86. The molecule has 0 saturated heterocycles. The first-order valence-electron chi connectivity index (χ1n) is 11.3. The van der Waals surface area contributed by atoms with Gasteiger partial charge in [0.25, 0.3) is 0 Å². The number of sulfonamides is 1. The Kier molecular flexibility index (Phi) is 10.1. The summed E-state index contributed by atoms with van der Waals surface area (Å²) in [6, 6.07) is 8.53. The SMILES string of the molecule is COc1ccc(OC)c(N(CC(=O)N(Cc2c(Cl)cccc2Cl)[C@@H](C)C(=O)NC(C)(C)C)S(C)(=O)=O)c1. The fourth-order valence-electron chi connectivity index (χ4n) is 3.50. The van der Waals surface area contributed by atoms with E-state index < -0.39 is 40.0 Å². The standard InChI is InChI=1S/C25H33Cl2N3O6S/c1-16(24(32)28-25(2,3)4)29(14-18-19(26)9-8-10-20(18)27)23(31)15-30(37(7,33)34)21-13-17(35-5)11-12-22(21)36-6/h8-13,16H,14-15H2,1-7H3,(H,28,32)/t16-/m0/s1. The molecule has 204 valence electrons. The van der Waals surface area contributed by atoms with Crippen LogP contribution in [0.3, 0.4) is 0 Å². The molecule has 0 saturated carbocycles. The summed E-state index contributed by atoms with van der Waals surface area (Å²) in [6.07, 6.45) is 0.976. The molecule has 0 aliphatic heterocycles. The van der Waals surface area contributed by atoms with Gasteiger partial charge in [-0.05, 0) is 52.0 Å². The van der Waals surface area contributed by atoms with Crippen molar-refractivity contribution < 1.29 is 27.5 Å². The van der Waals surface area contributed by atoms with E-state index in [2.05, 4.69) is 5.32 Å². The first-order valence-corrected chi connectivity index (χ1v) is 13.9. The molecule has 12 heteroatoms. The van der Waals surface area contributed by atoms with Crippen LogP contribution in [0.5, 0.6) is 11.5 Å². The molecule has 0 aliphatic rings. The number of halogens is 2. The second-order valence-corrected chi connectivity index (χ2v) is 12.2. The van der Waals surface area contributed by atoms with Crippen LogP contribution < -0.4 is 19.1 Å². The summed E-state index contributed by atoms with van der Waals surface area (Å²) in [5.41, 5.74) is -0.0193. The van der Waals surface area contributed by atoms with Crippen LogP contribution in [0.15, 0.2) is 36.4 Å². The lowest BCUT2D eigenvalue weighted by molar-refractivity contribution is -0.140. The number of benzene rings is 2.